The Morgan fingerprint density at radius 3 is 2.04 bits per heavy atom. The summed E-state index contributed by atoms with van der Waals surface area (Å²) in [5.74, 6) is -0.418. The Bertz CT molecular complexity index is 535. The summed E-state index contributed by atoms with van der Waals surface area (Å²) < 4.78 is 26.6. The molecule has 0 amide bonds. The van der Waals surface area contributed by atoms with Crippen LogP contribution in [0.4, 0.5) is 0 Å². The highest BCUT2D eigenvalue weighted by Crippen LogP contribution is 2.11. The molecular formula is C18H24O8. The molecule has 8 heteroatoms. The summed E-state index contributed by atoms with van der Waals surface area (Å²) in [7, 11) is 0. The van der Waals surface area contributed by atoms with Crippen molar-refractivity contribution in [2.24, 2.45) is 0 Å². The van der Waals surface area contributed by atoms with E-state index in [1.165, 1.54) is 0 Å². The summed E-state index contributed by atoms with van der Waals surface area (Å²) in [6.07, 6.45) is 0.901. The van der Waals surface area contributed by atoms with Gasteiger partial charge in [0.25, 0.3) is 0 Å². The molecule has 3 rings (SSSR count). The normalized spacial score (nSPS) is 19.4. The molecule has 1 aromatic rings. The molecule has 2 aliphatic rings. The summed E-state index contributed by atoms with van der Waals surface area (Å²) in [5, 5.41) is 0. The number of hydrogen-bond donors (Lipinski definition) is 0. The highest BCUT2D eigenvalue weighted by Gasteiger charge is 2.17. The molecule has 2 aliphatic heterocycles. The molecule has 2 saturated heterocycles. The van der Waals surface area contributed by atoms with E-state index in [4.69, 9.17) is 33.5 Å². The highest BCUT2D eigenvalue weighted by atomic mass is 17.2. The Balaban J connectivity index is 1.33. The number of hydrogen-bond acceptors (Lipinski definition) is 8. The van der Waals surface area contributed by atoms with E-state index in [2.05, 4.69) is 0 Å². The molecule has 0 unspecified atom stereocenters. The number of carbonyl (C=O) groups is 1. The predicted molar refractivity (Wildman–Crippen MR) is 88.1 cm³/mol. The zero-order valence-corrected chi connectivity index (χ0v) is 14.6. The second kappa shape index (κ2) is 10.6. The van der Waals surface area contributed by atoms with E-state index in [9.17, 15) is 4.79 Å². The number of carbonyl (C=O) groups excluding carboxylic acids is 1. The SMILES string of the molecule is O=C(OCC1OCCCO1)c1ccc(COOCC2OCCCO2)cc1. The van der Waals surface area contributed by atoms with Gasteiger partial charge in [-0.3, -0.25) is 0 Å². The number of esters is 1. The Kier molecular flexibility index (Phi) is 7.81. The Morgan fingerprint density at radius 1 is 0.846 bits per heavy atom. The Morgan fingerprint density at radius 2 is 1.42 bits per heavy atom. The van der Waals surface area contributed by atoms with Gasteiger partial charge in [-0.1, -0.05) is 12.1 Å². The van der Waals surface area contributed by atoms with Gasteiger partial charge in [0.2, 0.25) is 0 Å². The predicted octanol–water partition coefficient (Wildman–Crippen LogP) is 1.82. The molecule has 0 radical (unpaired) electrons. The summed E-state index contributed by atoms with van der Waals surface area (Å²) in [6.45, 7) is 3.15. The molecule has 0 N–H and O–H groups in total. The van der Waals surface area contributed by atoms with Crippen LogP contribution >= 0.6 is 0 Å². The minimum Gasteiger partial charge on any atom is -0.457 e. The van der Waals surface area contributed by atoms with Crippen molar-refractivity contribution in [3.63, 3.8) is 0 Å². The second-order valence-electron chi connectivity index (χ2n) is 5.89. The first kappa shape index (κ1) is 19.2. The average Bonchev–Trinajstić information content (AvgIpc) is 2.71. The van der Waals surface area contributed by atoms with Gasteiger partial charge < -0.3 is 23.7 Å². The summed E-state index contributed by atoms with van der Waals surface area (Å²) in [5.41, 5.74) is 1.32. The lowest BCUT2D eigenvalue weighted by Crippen LogP contribution is -2.30. The maximum atomic E-state index is 12.0. The molecule has 0 saturated carbocycles. The molecule has 0 atom stereocenters. The third kappa shape index (κ3) is 6.31. The molecule has 144 valence electrons. The fraction of sp³-hybridized carbons (Fsp3) is 0.611. The number of rotatable bonds is 8. The average molecular weight is 368 g/mol. The monoisotopic (exact) mass is 368 g/mol. The molecule has 0 aliphatic carbocycles. The summed E-state index contributed by atoms with van der Waals surface area (Å²) >= 11 is 0. The van der Waals surface area contributed by atoms with E-state index in [0.717, 1.165) is 18.4 Å². The van der Waals surface area contributed by atoms with Crippen LogP contribution in [0.2, 0.25) is 0 Å². The van der Waals surface area contributed by atoms with Crippen molar-refractivity contribution in [1.82, 2.24) is 0 Å². The fourth-order valence-electron chi connectivity index (χ4n) is 2.44. The first-order valence-electron chi connectivity index (χ1n) is 8.78. The van der Waals surface area contributed by atoms with Gasteiger partial charge in [0.15, 0.2) is 12.6 Å². The number of benzene rings is 1. The Hall–Kier alpha value is -1.55. The van der Waals surface area contributed by atoms with Gasteiger partial charge in [0.05, 0.1) is 32.0 Å². The van der Waals surface area contributed by atoms with Gasteiger partial charge in [-0.05, 0) is 30.5 Å². The van der Waals surface area contributed by atoms with Crippen LogP contribution in [0, 0.1) is 0 Å². The van der Waals surface area contributed by atoms with Gasteiger partial charge in [-0.2, -0.15) is 0 Å². The molecule has 26 heavy (non-hydrogen) atoms. The zero-order chi connectivity index (χ0) is 18.0. The molecule has 2 heterocycles. The maximum Gasteiger partial charge on any atom is 0.338 e. The quantitative estimate of drug-likeness (QED) is 0.297. The van der Waals surface area contributed by atoms with E-state index in [0.29, 0.717) is 32.0 Å². The fourth-order valence-corrected chi connectivity index (χ4v) is 2.44. The molecule has 2 fully saturated rings. The van der Waals surface area contributed by atoms with Crippen molar-refractivity contribution in [2.45, 2.75) is 32.0 Å². The van der Waals surface area contributed by atoms with E-state index in [-0.39, 0.29) is 26.1 Å². The van der Waals surface area contributed by atoms with Crippen molar-refractivity contribution in [3.05, 3.63) is 35.4 Å². The van der Waals surface area contributed by atoms with Gasteiger partial charge in [-0.25, -0.2) is 14.6 Å². The minimum absolute atomic E-state index is 0.0862. The van der Waals surface area contributed by atoms with Crippen LogP contribution in [0.15, 0.2) is 24.3 Å². The molecular weight excluding hydrogens is 344 g/mol. The van der Waals surface area contributed by atoms with E-state index in [1.54, 1.807) is 24.3 Å². The van der Waals surface area contributed by atoms with Crippen LogP contribution in [0.25, 0.3) is 0 Å². The molecule has 0 aromatic heterocycles. The molecule has 0 spiro atoms. The third-order valence-corrected chi connectivity index (χ3v) is 3.85. The van der Waals surface area contributed by atoms with Crippen molar-refractivity contribution in [1.29, 1.82) is 0 Å². The van der Waals surface area contributed by atoms with E-state index < -0.39 is 12.3 Å². The van der Waals surface area contributed by atoms with E-state index >= 15 is 0 Å². The molecule has 0 bridgehead atoms. The molecule has 8 nitrogen and oxygen atoms in total. The lowest BCUT2D eigenvalue weighted by Gasteiger charge is -2.22. The third-order valence-electron chi connectivity index (χ3n) is 3.85. The molecule has 1 aromatic carbocycles. The summed E-state index contributed by atoms with van der Waals surface area (Å²) in [4.78, 5) is 22.2. The van der Waals surface area contributed by atoms with Crippen LogP contribution in [0.3, 0.4) is 0 Å². The van der Waals surface area contributed by atoms with Crippen LogP contribution in [-0.2, 0) is 40.1 Å². The van der Waals surface area contributed by atoms with Gasteiger partial charge in [0.1, 0.15) is 19.8 Å². The number of ether oxygens (including phenoxy) is 5. The van der Waals surface area contributed by atoms with Crippen molar-refractivity contribution >= 4 is 5.97 Å². The topological polar surface area (TPSA) is 81.7 Å². The first-order chi connectivity index (χ1) is 12.8. The van der Waals surface area contributed by atoms with Gasteiger partial charge in [-0.15, -0.1) is 0 Å². The second-order valence-corrected chi connectivity index (χ2v) is 5.89. The van der Waals surface area contributed by atoms with Gasteiger partial charge >= 0.3 is 5.97 Å². The minimum atomic E-state index is -0.477. The van der Waals surface area contributed by atoms with Crippen molar-refractivity contribution < 1.29 is 38.3 Å². The van der Waals surface area contributed by atoms with Crippen molar-refractivity contribution in [2.75, 3.05) is 39.6 Å². The first-order valence-corrected chi connectivity index (χ1v) is 8.78. The standard InChI is InChI=1S/C18H24O8/c19-18(24-12-16-20-7-1-8-21-16)15-5-3-14(4-6-15)11-25-26-13-17-22-9-2-10-23-17/h3-6,16-17H,1-2,7-13H2. The lowest BCUT2D eigenvalue weighted by atomic mass is 10.1. The Labute approximate surface area is 152 Å². The summed E-state index contributed by atoms with van der Waals surface area (Å²) in [6, 6.07) is 6.91. The maximum absolute atomic E-state index is 12.0. The van der Waals surface area contributed by atoms with E-state index in [1.807, 2.05) is 0 Å². The lowest BCUT2D eigenvalue weighted by molar-refractivity contribution is -0.341. The highest BCUT2D eigenvalue weighted by molar-refractivity contribution is 5.89. The van der Waals surface area contributed by atoms with Crippen LogP contribution in [-0.4, -0.2) is 58.2 Å². The van der Waals surface area contributed by atoms with Crippen LogP contribution in [0.5, 0.6) is 0 Å². The van der Waals surface area contributed by atoms with Gasteiger partial charge in [0, 0.05) is 0 Å². The van der Waals surface area contributed by atoms with Crippen LogP contribution in [0.1, 0.15) is 28.8 Å². The van der Waals surface area contributed by atoms with Crippen LogP contribution < -0.4 is 0 Å². The largest absolute Gasteiger partial charge is 0.457 e. The smallest absolute Gasteiger partial charge is 0.338 e. The van der Waals surface area contributed by atoms with Crippen molar-refractivity contribution in [3.8, 4) is 0 Å². The zero-order valence-electron chi connectivity index (χ0n) is 14.6.